The van der Waals surface area contributed by atoms with E-state index in [9.17, 15) is 18.0 Å². The van der Waals surface area contributed by atoms with Crippen LogP contribution in [0.4, 0.5) is 13.2 Å². The zero-order valence-corrected chi connectivity index (χ0v) is 9.35. The number of aromatic nitrogens is 1. The lowest BCUT2D eigenvalue weighted by atomic mass is 10.1. The Balaban J connectivity index is 3.29. The molecule has 0 saturated heterocycles. The van der Waals surface area contributed by atoms with Crippen molar-refractivity contribution >= 4 is 15.9 Å². The lowest BCUT2D eigenvalue weighted by Gasteiger charge is -2.13. The molecule has 0 aliphatic rings. The molecule has 1 heterocycles. The highest BCUT2D eigenvalue weighted by Crippen LogP contribution is 2.25. The molecule has 0 unspecified atom stereocenters. The van der Waals surface area contributed by atoms with Crippen molar-refractivity contribution in [3.05, 3.63) is 27.7 Å². The van der Waals surface area contributed by atoms with Gasteiger partial charge in [0.2, 0.25) is 0 Å². The van der Waals surface area contributed by atoms with Crippen molar-refractivity contribution in [2.45, 2.75) is 18.3 Å². The van der Waals surface area contributed by atoms with Gasteiger partial charge in [-0.25, -0.2) is 0 Å². The van der Waals surface area contributed by atoms with Crippen LogP contribution >= 0.6 is 15.9 Å². The molecule has 4 nitrogen and oxygen atoms in total. The fourth-order valence-corrected chi connectivity index (χ4v) is 1.60. The SMILES string of the molecule is O=c1[nH]cc(CBr)c(CO)c1OC(F)(F)F. The maximum absolute atomic E-state index is 12.0. The summed E-state index contributed by atoms with van der Waals surface area (Å²) in [6.45, 7) is -0.712. The van der Waals surface area contributed by atoms with E-state index in [1.54, 1.807) is 0 Å². The number of aliphatic hydroxyl groups is 1. The van der Waals surface area contributed by atoms with Crippen LogP contribution in [-0.4, -0.2) is 16.5 Å². The van der Waals surface area contributed by atoms with Gasteiger partial charge >= 0.3 is 6.36 Å². The Hall–Kier alpha value is -1.02. The molecule has 1 aromatic heterocycles. The Kier molecular flexibility index (Phi) is 3.98. The Morgan fingerprint density at radius 3 is 2.56 bits per heavy atom. The number of aromatic amines is 1. The van der Waals surface area contributed by atoms with Gasteiger partial charge < -0.3 is 14.8 Å². The van der Waals surface area contributed by atoms with Crippen molar-refractivity contribution < 1.29 is 23.0 Å². The molecule has 0 fully saturated rings. The first kappa shape index (κ1) is 13.0. The average Bonchev–Trinajstić information content (AvgIpc) is 2.19. The Bertz CT molecular complexity index is 430. The minimum Gasteiger partial charge on any atom is -0.399 e. The second-order valence-corrected chi connectivity index (χ2v) is 3.35. The predicted octanol–water partition coefficient (Wildman–Crippen LogP) is 1.66. The van der Waals surface area contributed by atoms with Crippen molar-refractivity contribution in [2.75, 3.05) is 0 Å². The van der Waals surface area contributed by atoms with Gasteiger partial charge in [-0.2, -0.15) is 0 Å². The summed E-state index contributed by atoms with van der Waals surface area (Å²) in [5.41, 5.74) is -0.898. The molecule has 0 amide bonds. The summed E-state index contributed by atoms with van der Waals surface area (Å²) in [4.78, 5) is 13.2. The van der Waals surface area contributed by atoms with Gasteiger partial charge in [-0.05, 0) is 5.56 Å². The van der Waals surface area contributed by atoms with E-state index < -0.39 is 24.3 Å². The number of pyridine rings is 1. The maximum Gasteiger partial charge on any atom is 0.573 e. The molecule has 0 radical (unpaired) electrons. The van der Waals surface area contributed by atoms with Gasteiger partial charge in [0.25, 0.3) is 5.56 Å². The molecule has 1 rings (SSSR count). The fourth-order valence-electron chi connectivity index (χ4n) is 1.10. The van der Waals surface area contributed by atoms with Crippen molar-refractivity contribution in [3.8, 4) is 5.75 Å². The van der Waals surface area contributed by atoms with E-state index in [4.69, 9.17) is 5.11 Å². The van der Waals surface area contributed by atoms with Gasteiger partial charge in [0.1, 0.15) is 0 Å². The highest BCUT2D eigenvalue weighted by Gasteiger charge is 2.33. The summed E-state index contributed by atoms with van der Waals surface area (Å²) in [5.74, 6) is -0.924. The van der Waals surface area contributed by atoms with Gasteiger partial charge in [0, 0.05) is 17.1 Å². The summed E-state index contributed by atoms with van der Waals surface area (Å²) >= 11 is 3.02. The van der Waals surface area contributed by atoms with Crippen molar-refractivity contribution in [2.24, 2.45) is 0 Å². The van der Waals surface area contributed by atoms with Gasteiger partial charge in [-0.15, -0.1) is 13.2 Å². The molecule has 8 heteroatoms. The van der Waals surface area contributed by atoms with Gasteiger partial charge in [0.15, 0.2) is 5.75 Å². The number of rotatable bonds is 3. The first-order chi connectivity index (χ1) is 7.39. The van der Waals surface area contributed by atoms with Crippen LogP contribution in [0.15, 0.2) is 11.0 Å². The fraction of sp³-hybridized carbons (Fsp3) is 0.375. The van der Waals surface area contributed by atoms with E-state index in [-0.39, 0.29) is 10.9 Å². The Labute approximate surface area is 96.2 Å². The van der Waals surface area contributed by atoms with E-state index in [1.807, 2.05) is 0 Å². The predicted molar refractivity (Wildman–Crippen MR) is 52.3 cm³/mol. The third kappa shape index (κ3) is 2.99. The molecule has 16 heavy (non-hydrogen) atoms. The number of hydrogen-bond acceptors (Lipinski definition) is 3. The van der Waals surface area contributed by atoms with E-state index in [0.717, 1.165) is 0 Å². The van der Waals surface area contributed by atoms with Crippen LogP contribution in [0.3, 0.4) is 0 Å². The highest BCUT2D eigenvalue weighted by atomic mass is 79.9. The Morgan fingerprint density at radius 2 is 2.12 bits per heavy atom. The molecule has 90 valence electrons. The second kappa shape index (κ2) is 4.88. The standard InChI is InChI=1S/C8H7BrF3NO3/c9-1-4-2-13-7(15)6(5(4)3-14)16-8(10,11)12/h2,14H,1,3H2,(H,13,15). The number of hydrogen-bond donors (Lipinski definition) is 2. The van der Waals surface area contributed by atoms with Gasteiger partial charge in [-0.1, -0.05) is 15.9 Å². The maximum atomic E-state index is 12.0. The monoisotopic (exact) mass is 301 g/mol. The summed E-state index contributed by atoms with van der Waals surface area (Å²) in [6, 6.07) is 0. The van der Waals surface area contributed by atoms with Gasteiger partial charge in [-0.3, -0.25) is 4.79 Å². The summed E-state index contributed by atoms with van der Waals surface area (Å²) < 4.78 is 39.6. The van der Waals surface area contributed by atoms with Crippen LogP contribution < -0.4 is 10.3 Å². The first-order valence-electron chi connectivity index (χ1n) is 4.05. The Morgan fingerprint density at radius 1 is 1.50 bits per heavy atom. The second-order valence-electron chi connectivity index (χ2n) is 2.79. The average molecular weight is 302 g/mol. The van der Waals surface area contributed by atoms with E-state index >= 15 is 0 Å². The summed E-state index contributed by atoms with van der Waals surface area (Å²) in [6.07, 6.45) is -3.76. The van der Waals surface area contributed by atoms with Crippen LogP contribution in [0.2, 0.25) is 0 Å². The molecule has 2 N–H and O–H groups in total. The summed E-state index contributed by atoms with van der Waals surface area (Å²) in [5, 5.41) is 9.12. The number of nitrogens with one attached hydrogen (secondary N) is 1. The zero-order chi connectivity index (χ0) is 12.3. The molecule has 1 aromatic rings. The number of H-pyrrole nitrogens is 1. The number of ether oxygens (including phenoxy) is 1. The minimum absolute atomic E-state index is 0.182. The summed E-state index contributed by atoms with van der Waals surface area (Å²) in [7, 11) is 0. The molecule has 0 atom stereocenters. The molecule has 0 aliphatic carbocycles. The zero-order valence-electron chi connectivity index (χ0n) is 7.77. The van der Waals surface area contributed by atoms with Crippen LogP contribution in [0.1, 0.15) is 11.1 Å². The largest absolute Gasteiger partial charge is 0.573 e. The topological polar surface area (TPSA) is 62.3 Å². The normalized spacial score (nSPS) is 11.6. The first-order valence-corrected chi connectivity index (χ1v) is 5.17. The van der Waals surface area contributed by atoms with Crippen LogP contribution in [-0.2, 0) is 11.9 Å². The van der Waals surface area contributed by atoms with Gasteiger partial charge in [0.05, 0.1) is 6.61 Å². The quantitative estimate of drug-likeness (QED) is 0.835. The number of aliphatic hydroxyl groups excluding tert-OH is 1. The van der Waals surface area contributed by atoms with Crippen LogP contribution in [0.5, 0.6) is 5.75 Å². The van der Waals surface area contributed by atoms with Crippen molar-refractivity contribution in [3.63, 3.8) is 0 Å². The smallest absolute Gasteiger partial charge is 0.399 e. The molecular weight excluding hydrogens is 295 g/mol. The van der Waals surface area contributed by atoms with Crippen LogP contribution in [0, 0.1) is 0 Å². The van der Waals surface area contributed by atoms with Crippen molar-refractivity contribution in [1.82, 2.24) is 4.98 Å². The minimum atomic E-state index is -4.97. The molecule has 0 saturated carbocycles. The third-order valence-electron chi connectivity index (χ3n) is 1.77. The highest BCUT2D eigenvalue weighted by molar-refractivity contribution is 9.08. The molecular formula is C8H7BrF3NO3. The van der Waals surface area contributed by atoms with E-state index in [2.05, 4.69) is 25.7 Å². The molecule has 0 bridgehead atoms. The number of halogens is 4. The van der Waals surface area contributed by atoms with Crippen molar-refractivity contribution in [1.29, 1.82) is 0 Å². The van der Waals surface area contributed by atoms with E-state index in [1.165, 1.54) is 6.20 Å². The third-order valence-corrected chi connectivity index (χ3v) is 2.37. The molecule has 0 spiro atoms. The lowest BCUT2D eigenvalue weighted by Crippen LogP contribution is -2.24. The van der Waals surface area contributed by atoms with Crippen LogP contribution in [0.25, 0.3) is 0 Å². The number of alkyl halides is 4. The molecule has 0 aromatic carbocycles. The van der Waals surface area contributed by atoms with E-state index in [0.29, 0.717) is 5.56 Å². The lowest BCUT2D eigenvalue weighted by molar-refractivity contribution is -0.275. The molecule has 0 aliphatic heterocycles.